The van der Waals surface area contributed by atoms with E-state index < -0.39 is 17.3 Å². The number of likely N-dealkylation sites (tertiary alicyclic amines) is 1. The van der Waals surface area contributed by atoms with E-state index in [0.29, 0.717) is 25.2 Å². The second kappa shape index (κ2) is 5.13. The van der Waals surface area contributed by atoms with Crippen LogP contribution < -0.4 is 0 Å². The summed E-state index contributed by atoms with van der Waals surface area (Å²) in [5.41, 5.74) is -0.626. The van der Waals surface area contributed by atoms with E-state index in [1.165, 1.54) is 12.1 Å². The van der Waals surface area contributed by atoms with E-state index in [9.17, 15) is 18.3 Å². The topological polar surface area (TPSA) is 23.5 Å². The molecule has 1 aromatic rings. The van der Waals surface area contributed by atoms with Crippen molar-refractivity contribution in [1.82, 2.24) is 4.90 Å². The molecule has 5 heteroatoms. The first-order valence-corrected chi connectivity index (χ1v) is 6.43. The lowest BCUT2D eigenvalue weighted by Crippen LogP contribution is -2.60. The number of rotatable bonds is 4. The van der Waals surface area contributed by atoms with Crippen molar-refractivity contribution in [1.29, 1.82) is 0 Å². The molecule has 0 unspecified atom stereocenters. The molecule has 1 aliphatic rings. The van der Waals surface area contributed by atoms with E-state index >= 15 is 0 Å². The van der Waals surface area contributed by atoms with Crippen molar-refractivity contribution in [2.45, 2.75) is 38.1 Å². The van der Waals surface area contributed by atoms with Gasteiger partial charge in [-0.3, -0.25) is 4.90 Å². The van der Waals surface area contributed by atoms with Gasteiger partial charge < -0.3 is 5.11 Å². The second-order valence-electron chi connectivity index (χ2n) is 5.32. The lowest BCUT2D eigenvalue weighted by Gasteiger charge is -2.46. The van der Waals surface area contributed by atoms with Gasteiger partial charge in [-0.2, -0.15) is 13.2 Å². The molecule has 106 valence electrons. The van der Waals surface area contributed by atoms with Crippen LogP contribution in [-0.2, 0) is 12.7 Å². The molecule has 0 bridgehead atoms. The van der Waals surface area contributed by atoms with Crippen molar-refractivity contribution < 1.29 is 18.3 Å². The molecule has 1 fully saturated rings. The number of benzene rings is 1. The fourth-order valence-corrected chi connectivity index (χ4v) is 2.63. The minimum Gasteiger partial charge on any atom is -0.387 e. The van der Waals surface area contributed by atoms with Gasteiger partial charge in [-0.05, 0) is 18.1 Å². The number of β-amino-alcohol motifs (C(OH)–C–C–N with tert-alkyl or cyclic N) is 1. The molecule has 0 saturated carbocycles. The Kier molecular flexibility index (Phi) is 3.87. The van der Waals surface area contributed by atoms with Gasteiger partial charge in [-0.25, -0.2) is 0 Å². The van der Waals surface area contributed by atoms with Gasteiger partial charge in [0.1, 0.15) is 0 Å². The molecular weight excluding hydrogens is 255 g/mol. The summed E-state index contributed by atoms with van der Waals surface area (Å²) in [6.07, 6.45) is -2.64. The van der Waals surface area contributed by atoms with Gasteiger partial charge in [-0.1, -0.05) is 31.5 Å². The Hall–Kier alpha value is -1.07. The number of aliphatic hydroxyl groups is 1. The van der Waals surface area contributed by atoms with Crippen LogP contribution in [0.4, 0.5) is 13.2 Å². The summed E-state index contributed by atoms with van der Waals surface area (Å²) in [6, 6.07) is 5.37. The third-order valence-electron chi connectivity index (χ3n) is 3.41. The highest BCUT2D eigenvalue weighted by Gasteiger charge is 2.40. The first-order valence-electron chi connectivity index (χ1n) is 6.43. The zero-order valence-electron chi connectivity index (χ0n) is 10.9. The summed E-state index contributed by atoms with van der Waals surface area (Å²) in [5.74, 6) is 0. The molecule has 1 aromatic carbocycles. The molecule has 0 aliphatic carbocycles. The molecule has 2 rings (SSSR count). The van der Waals surface area contributed by atoms with Gasteiger partial charge in [-0.15, -0.1) is 0 Å². The van der Waals surface area contributed by atoms with Crippen molar-refractivity contribution in [3.63, 3.8) is 0 Å². The third-order valence-corrected chi connectivity index (χ3v) is 3.41. The molecule has 0 atom stereocenters. The van der Waals surface area contributed by atoms with Crippen LogP contribution in [0.3, 0.4) is 0 Å². The maximum Gasteiger partial charge on any atom is 0.416 e. The average molecular weight is 273 g/mol. The maximum absolute atomic E-state index is 12.6. The Bertz CT molecular complexity index is 439. The van der Waals surface area contributed by atoms with Crippen molar-refractivity contribution in [2.75, 3.05) is 13.1 Å². The predicted octanol–water partition coefficient (Wildman–Crippen LogP) is 3.05. The first kappa shape index (κ1) is 14.3. The summed E-state index contributed by atoms with van der Waals surface area (Å²) in [7, 11) is 0. The van der Waals surface area contributed by atoms with Crippen LogP contribution in [0.2, 0.25) is 0 Å². The fourth-order valence-electron chi connectivity index (χ4n) is 2.63. The zero-order valence-corrected chi connectivity index (χ0v) is 10.9. The van der Waals surface area contributed by atoms with Crippen LogP contribution in [0.15, 0.2) is 24.3 Å². The summed E-state index contributed by atoms with van der Waals surface area (Å²) < 4.78 is 37.7. The van der Waals surface area contributed by atoms with E-state index in [2.05, 4.69) is 0 Å². The van der Waals surface area contributed by atoms with Crippen molar-refractivity contribution in [3.05, 3.63) is 35.4 Å². The quantitative estimate of drug-likeness (QED) is 0.911. The Morgan fingerprint density at radius 1 is 1.32 bits per heavy atom. The Balaban J connectivity index is 1.95. The van der Waals surface area contributed by atoms with Gasteiger partial charge in [0.2, 0.25) is 0 Å². The Morgan fingerprint density at radius 3 is 2.58 bits per heavy atom. The minimum absolute atomic E-state index is 0.454. The van der Waals surface area contributed by atoms with Gasteiger partial charge in [0.15, 0.2) is 0 Å². The van der Waals surface area contributed by atoms with Gasteiger partial charge in [0.25, 0.3) is 0 Å². The summed E-state index contributed by atoms with van der Waals surface area (Å²) >= 11 is 0. The molecule has 0 aromatic heterocycles. The number of halogens is 3. The van der Waals surface area contributed by atoms with Gasteiger partial charge >= 0.3 is 6.18 Å². The molecule has 1 saturated heterocycles. The molecule has 2 nitrogen and oxygen atoms in total. The maximum atomic E-state index is 12.6. The smallest absolute Gasteiger partial charge is 0.387 e. The van der Waals surface area contributed by atoms with Crippen LogP contribution in [0.1, 0.15) is 30.9 Å². The van der Waals surface area contributed by atoms with Crippen LogP contribution in [0, 0.1) is 0 Å². The first-order chi connectivity index (χ1) is 8.82. The molecule has 0 spiro atoms. The third kappa shape index (κ3) is 3.48. The van der Waals surface area contributed by atoms with Crippen LogP contribution in [-0.4, -0.2) is 28.7 Å². The highest BCUT2D eigenvalue weighted by atomic mass is 19.4. The Labute approximate surface area is 110 Å². The predicted molar refractivity (Wildman–Crippen MR) is 66.6 cm³/mol. The number of nitrogens with zero attached hydrogens (tertiary/aromatic N) is 1. The van der Waals surface area contributed by atoms with Crippen molar-refractivity contribution >= 4 is 0 Å². The summed E-state index contributed by atoms with van der Waals surface area (Å²) in [4.78, 5) is 1.96. The average Bonchev–Trinajstić information content (AvgIpc) is 2.26. The van der Waals surface area contributed by atoms with E-state index in [4.69, 9.17) is 0 Å². The molecule has 0 radical (unpaired) electrons. The highest BCUT2D eigenvalue weighted by Crippen LogP contribution is 2.31. The normalized spacial score (nSPS) is 19.2. The molecule has 19 heavy (non-hydrogen) atoms. The summed E-state index contributed by atoms with van der Waals surface area (Å²) in [6.45, 7) is 3.54. The van der Waals surface area contributed by atoms with Crippen molar-refractivity contribution in [2.24, 2.45) is 0 Å². The zero-order chi connectivity index (χ0) is 14.1. The van der Waals surface area contributed by atoms with Gasteiger partial charge in [0.05, 0.1) is 11.2 Å². The monoisotopic (exact) mass is 273 g/mol. The molecule has 1 heterocycles. The lowest BCUT2D eigenvalue weighted by molar-refractivity contribution is -0.137. The van der Waals surface area contributed by atoms with Crippen LogP contribution in [0.25, 0.3) is 0 Å². The largest absolute Gasteiger partial charge is 0.416 e. The Morgan fingerprint density at radius 2 is 2.00 bits per heavy atom. The second-order valence-corrected chi connectivity index (χ2v) is 5.32. The van der Waals surface area contributed by atoms with E-state index in [1.807, 2.05) is 11.8 Å². The van der Waals surface area contributed by atoms with E-state index in [1.54, 1.807) is 6.07 Å². The summed E-state index contributed by atoms with van der Waals surface area (Å²) in [5, 5.41) is 10.0. The van der Waals surface area contributed by atoms with Crippen molar-refractivity contribution in [3.8, 4) is 0 Å². The standard InChI is InChI=1S/C14H18F3NO/c1-2-6-13(19)9-18(10-13)8-11-4-3-5-12(7-11)14(15,16)17/h3-5,7,19H,2,6,8-10H2,1H3. The minimum atomic E-state index is -4.30. The highest BCUT2D eigenvalue weighted by molar-refractivity contribution is 5.26. The molecular formula is C14H18F3NO. The van der Waals surface area contributed by atoms with Crippen LogP contribution >= 0.6 is 0 Å². The SMILES string of the molecule is CCCC1(O)CN(Cc2cccc(C(F)(F)F)c2)C1. The number of alkyl halides is 3. The number of hydrogen-bond donors (Lipinski definition) is 1. The lowest BCUT2D eigenvalue weighted by atomic mass is 9.89. The van der Waals surface area contributed by atoms with Crippen LogP contribution in [0.5, 0.6) is 0 Å². The van der Waals surface area contributed by atoms with Gasteiger partial charge in [0, 0.05) is 19.6 Å². The molecule has 1 N–H and O–H groups in total. The fraction of sp³-hybridized carbons (Fsp3) is 0.571. The van der Waals surface area contributed by atoms with E-state index in [0.717, 1.165) is 18.9 Å². The van der Waals surface area contributed by atoms with E-state index in [-0.39, 0.29) is 0 Å². The number of hydrogen-bond acceptors (Lipinski definition) is 2. The molecule has 0 amide bonds. The molecule has 1 aliphatic heterocycles.